The number of carbonyl (C=O) groups excluding carboxylic acids is 1. The molecule has 0 atom stereocenters. The molecule has 1 aromatic rings. The number of anilines is 1. The molecule has 1 amide bonds. The van der Waals surface area contributed by atoms with Crippen LogP contribution in [-0.2, 0) is 4.79 Å². The van der Waals surface area contributed by atoms with E-state index in [9.17, 15) is 9.18 Å². The molecule has 0 aliphatic carbocycles. The van der Waals surface area contributed by atoms with E-state index in [-0.39, 0.29) is 0 Å². The van der Waals surface area contributed by atoms with Crippen molar-refractivity contribution in [2.45, 2.75) is 0 Å². The third-order valence-corrected chi connectivity index (χ3v) is 1.56. The summed E-state index contributed by atoms with van der Waals surface area (Å²) in [6, 6.07) is 6.69. The predicted molar refractivity (Wildman–Crippen MR) is 55.7 cm³/mol. The number of benzene rings is 1. The van der Waals surface area contributed by atoms with E-state index in [0.29, 0.717) is 11.4 Å². The number of thiocarbonyl (C=S) groups is 1. The fraction of sp³-hybridized carbons (Fsp3) is 0.111. The number of rotatable bonds is 3. The Bertz CT molecular complexity index is 388. The van der Waals surface area contributed by atoms with Crippen molar-refractivity contribution in [3.8, 4) is 0 Å². The average molecular weight is 210 g/mol. The molecule has 1 aromatic carbocycles. The van der Waals surface area contributed by atoms with Gasteiger partial charge in [-0.1, -0.05) is 12.1 Å². The summed E-state index contributed by atoms with van der Waals surface area (Å²) in [6.07, 6.45) is 0. The molecule has 3 nitrogen and oxygen atoms in total. The highest BCUT2D eigenvalue weighted by Gasteiger charge is 2.04. The fourth-order valence-electron chi connectivity index (χ4n) is 0.910. The first-order valence-electron chi connectivity index (χ1n) is 3.80. The molecule has 0 bridgehead atoms. The molecule has 1 N–H and O–H groups in total. The smallest absolute Gasteiger partial charge is 0.255 e. The number of amides is 1. The molecule has 72 valence electrons. The van der Waals surface area contributed by atoms with Crippen molar-refractivity contribution in [2.24, 2.45) is 4.99 Å². The standard InChI is InChI=1S/C9H7FN2OS/c10-5-9(13)12-8-4-2-1-3-7(8)11-6-14/h1-4H,5H2,(H,12,13). The Balaban J connectivity index is 2.95. The Hall–Kier alpha value is -1.58. The number of isothiocyanates is 1. The maximum atomic E-state index is 11.9. The van der Waals surface area contributed by atoms with Crippen LogP contribution in [0.3, 0.4) is 0 Å². The van der Waals surface area contributed by atoms with E-state index in [0.717, 1.165) is 0 Å². The molecular weight excluding hydrogens is 203 g/mol. The van der Waals surface area contributed by atoms with E-state index in [1.54, 1.807) is 24.3 Å². The van der Waals surface area contributed by atoms with Crippen molar-refractivity contribution in [1.82, 2.24) is 0 Å². The number of halogens is 1. The SMILES string of the molecule is O=C(CF)Nc1ccccc1N=C=S. The molecular formula is C9H7FN2OS. The lowest BCUT2D eigenvalue weighted by Crippen LogP contribution is -2.12. The molecule has 14 heavy (non-hydrogen) atoms. The summed E-state index contributed by atoms with van der Waals surface area (Å²) in [5.74, 6) is -0.711. The van der Waals surface area contributed by atoms with Gasteiger partial charge in [0, 0.05) is 0 Å². The number of alkyl halides is 1. The molecule has 0 radical (unpaired) electrons. The summed E-state index contributed by atoms with van der Waals surface area (Å²) in [4.78, 5) is 14.5. The van der Waals surface area contributed by atoms with E-state index >= 15 is 0 Å². The molecule has 0 aliphatic rings. The normalized spacial score (nSPS) is 8.93. The zero-order chi connectivity index (χ0) is 10.4. The van der Waals surface area contributed by atoms with Gasteiger partial charge in [-0.15, -0.1) is 0 Å². The second kappa shape index (κ2) is 5.21. The summed E-state index contributed by atoms with van der Waals surface area (Å²) in [5, 5.41) is 4.53. The Morgan fingerprint density at radius 3 is 2.93 bits per heavy atom. The quantitative estimate of drug-likeness (QED) is 0.614. The van der Waals surface area contributed by atoms with Gasteiger partial charge in [0.25, 0.3) is 5.91 Å². The summed E-state index contributed by atoms with van der Waals surface area (Å²) < 4.78 is 11.9. The van der Waals surface area contributed by atoms with E-state index < -0.39 is 12.6 Å². The van der Waals surface area contributed by atoms with Crippen molar-refractivity contribution >= 4 is 34.7 Å². The van der Waals surface area contributed by atoms with Crippen LogP contribution in [0.15, 0.2) is 29.3 Å². The monoisotopic (exact) mass is 210 g/mol. The number of carbonyl (C=O) groups is 1. The van der Waals surface area contributed by atoms with Crippen LogP contribution in [0, 0.1) is 0 Å². The van der Waals surface area contributed by atoms with Crippen molar-refractivity contribution in [3.63, 3.8) is 0 Å². The van der Waals surface area contributed by atoms with Crippen LogP contribution in [0.5, 0.6) is 0 Å². The van der Waals surface area contributed by atoms with Gasteiger partial charge in [0.2, 0.25) is 0 Å². The molecule has 0 unspecified atom stereocenters. The van der Waals surface area contributed by atoms with Gasteiger partial charge < -0.3 is 5.32 Å². The molecule has 0 saturated heterocycles. The van der Waals surface area contributed by atoms with Crippen LogP contribution in [0.1, 0.15) is 0 Å². The van der Waals surface area contributed by atoms with Gasteiger partial charge in [0.05, 0.1) is 16.5 Å². The van der Waals surface area contributed by atoms with Crippen molar-refractivity contribution < 1.29 is 9.18 Å². The largest absolute Gasteiger partial charge is 0.322 e. The van der Waals surface area contributed by atoms with Crippen LogP contribution < -0.4 is 5.32 Å². The minimum absolute atomic E-state index is 0.424. The van der Waals surface area contributed by atoms with Gasteiger partial charge in [-0.05, 0) is 24.4 Å². The minimum atomic E-state index is -1.06. The molecule has 0 aromatic heterocycles. The lowest BCUT2D eigenvalue weighted by molar-refractivity contribution is -0.117. The number of para-hydroxylation sites is 2. The van der Waals surface area contributed by atoms with Crippen LogP contribution in [-0.4, -0.2) is 17.7 Å². The lowest BCUT2D eigenvalue weighted by atomic mass is 10.2. The number of nitrogens with one attached hydrogen (secondary N) is 1. The zero-order valence-electron chi connectivity index (χ0n) is 7.16. The predicted octanol–water partition coefficient (Wildman–Crippen LogP) is 2.33. The molecule has 0 aliphatic heterocycles. The highest BCUT2D eigenvalue weighted by Crippen LogP contribution is 2.23. The minimum Gasteiger partial charge on any atom is -0.322 e. The van der Waals surface area contributed by atoms with E-state index in [1.165, 1.54) is 0 Å². The van der Waals surface area contributed by atoms with E-state index in [4.69, 9.17) is 0 Å². The first kappa shape index (κ1) is 10.5. The molecule has 0 heterocycles. The second-order valence-corrected chi connectivity index (χ2v) is 2.58. The molecule has 0 saturated carbocycles. The van der Waals surface area contributed by atoms with E-state index in [2.05, 4.69) is 27.7 Å². The Kier molecular flexibility index (Phi) is 3.91. The van der Waals surface area contributed by atoms with Crippen LogP contribution in [0.25, 0.3) is 0 Å². The van der Waals surface area contributed by atoms with Gasteiger partial charge in [-0.3, -0.25) is 4.79 Å². The number of aliphatic imine (C=N–C) groups is 1. The summed E-state index contributed by atoms with van der Waals surface area (Å²) >= 11 is 4.43. The second-order valence-electron chi connectivity index (χ2n) is 2.40. The van der Waals surface area contributed by atoms with E-state index in [1.807, 2.05) is 0 Å². The Labute approximate surface area is 85.7 Å². The maximum absolute atomic E-state index is 11.9. The molecule has 5 heteroatoms. The van der Waals surface area contributed by atoms with Crippen molar-refractivity contribution in [1.29, 1.82) is 0 Å². The van der Waals surface area contributed by atoms with Gasteiger partial charge in [0.15, 0.2) is 6.67 Å². The Morgan fingerprint density at radius 1 is 1.57 bits per heavy atom. The molecule has 1 rings (SSSR count). The zero-order valence-corrected chi connectivity index (χ0v) is 7.97. The van der Waals surface area contributed by atoms with Gasteiger partial charge in [0.1, 0.15) is 0 Å². The van der Waals surface area contributed by atoms with Gasteiger partial charge >= 0.3 is 0 Å². The number of hydrogen-bond acceptors (Lipinski definition) is 3. The Morgan fingerprint density at radius 2 is 2.29 bits per heavy atom. The van der Waals surface area contributed by atoms with Gasteiger partial charge in [-0.25, -0.2) is 4.39 Å². The van der Waals surface area contributed by atoms with Crippen molar-refractivity contribution in [2.75, 3.05) is 12.0 Å². The summed E-state index contributed by atoms with van der Waals surface area (Å²) in [7, 11) is 0. The maximum Gasteiger partial charge on any atom is 0.255 e. The topological polar surface area (TPSA) is 41.5 Å². The molecule has 0 spiro atoms. The summed E-state index contributed by atoms with van der Waals surface area (Å²) in [6.45, 7) is -1.06. The molecule has 0 fully saturated rings. The lowest BCUT2D eigenvalue weighted by Gasteiger charge is -2.04. The fourth-order valence-corrected chi connectivity index (χ4v) is 1.01. The highest BCUT2D eigenvalue weighted by molar-refractivity contribution is 7.78. The van der Waals surface area contributed by atoms with Crippen LogP contribution >= 0.6 is 12.2 Å². The number of nitrogens with zero attached hydrogens (tertiary/aromatic N) is 1. The highest BCUT2D eigenvalue weighted by atomic mass is 32.1. The third-order valence-electron chi connectivity index (χ3n) is 1.47. The third kappa shape index (κ3) is 2.73. The summed E-state index contributed by atoms with van der Waals surface area (Å²) in [5.41, 5.74) is 0.886. The number of hydrogen-bond donors (Lipinski definition) is 1. The first-order chi connectivity index (χ1) is 6.77. The average Bonchev–Trinajstić information content (AvgIpc) is 2.21. The first-order valence-corrected chi connectivity index (χ1v) is 4.21. The van der Waals surface area contributed by atoms with Crippen molar-refractivity contribution in [3.05, 3.63) is 24.3 Å². The van der Waals surface area contributed by atoms with Crippen LogP contribution in [0.4, 0.5) is 15.8 Å². The van der Waals surface area contributed by atoms with Crippen LogP contribution in [0.2, 0.25) is 0 Å². The van der Waals surface area contributed by atoms with Gasteiger partial charge in [-0.2, -0.15) is 4.99 Å².